The summed E-state index contributed by atoms with van der Waals surface area (Å²) >= 11 is 3.66. The Bertz CT molecular complexity index is 1150. The molecule has 1 aliphatic rings. The second kappa shape index (κ2) is 6.58. The smallest absolute Gasteiger partial charge is 0.149 e. The van der Waals surface area contributed by atoms with E-state index in [1.54, 1.807) is 18.6 Å². The summed E-state index contributed by atoms with van der Waals surface area (Å²) in [4.78, 5) is 11.1. The van der Waals surface area contributed by atoms with Crippen LogP contribution in [0.1, 0.15) is 0 Å². The van der Waals surface area contributed by atoms with Crippen LogP contribution in [0.25, 0.3) is 27.6 Å². The van der Waals surface area contributed by atoms with E-state index in [0.29, 0.717) is 5.52 Å². The van der Waals surface area contributed by atoms with Gasteiger partial charge in [0.1, 0.15) is 23.2 Å². The minimum atomic E-state index is -0.325. The number of aromatic nitrogens is 3. The third-order valence-corrected chi connectivity index (χ3v) is 5.53. The number of hydrogen-bond acceptors (Lipinski definition) is 4. The Balaban J connectivity index is 1.73. The van der Waals surface area contributed by atoms with E-state index in [4.69, 9.17) is 4.74 Å². The van der Waals surface area contributed by atoms with Crippen LogP contribution >= 0.6 is 15.9 Å². The van der Waals surface area contributed by atoms with Crippen LogP contribution in [-0.2, 0) is 4.74 Å². The van der Waals surface area contributed by atoms with Gasteiger partial charge in [0.05, 0.1) is 24.4 Å². The van der Waals surface area contributed by atoms with Gasteiger partial charge >= 0.3 is 0 Å². The van der Waals surface area contributed by atoms with Gasteiger partial charge in [0.25, 0.3) is 0 Å². The lowest BCUT2D eigenvalue weighted by Gasteiger charge is -2.29. The molecule has 1 fully saturated rings. The number of halogens is 2. The fourth-order valence-corrected chi connectivity index (χ4v) is 4.13. The molecule has 0 atom stereocenters. The second-order valence-electron chi connectivity index (χ2n) is 6.48. The predicted molar refractivity (Wildman–Crippen MR) is 107 cm³/mol. The number of nitrogens with zero attached hydrogens (tertiary/aromatic N) is 4. The Hall–Kier alpha value is -2.51. The topological polar surface area (TPSA) is 43.2 Å². The van der Waals surface area contributed by atoms with Crippen molar-refractivity contribution in [2.75, 3.05) is 31.2 Å². The summed E-state index contributed by atoms with van der Waals surface area (Å²) in [7, 11) is 0. The van der Waals surface area contributed by atoms with Crippen LogP contribution in [0.2, 0.25) is 0 Å². The highest BCUT2D eigenvalue weighted by atomic mass is 79.9. The van der Waals surface area contributed by atoms with Crippen molar-refractivity contribution >= 4 is 43.6 Å². The molecule has 5 rings (SSSR count). The third-order valence-electron chi connectivity index (χ3n) is 4.92. The largest absolute Gasteiger partial charge is 0.378 e. The lowest BCUT2D eigenvalue weighted by Crippen LogP contribution is -2.36. The van der Waals surface area contributed by atoms with Gasteiger partial charge in [-0.3, -0.25) is 9.55 Å². The van der Waals surface area contributed by atoms with E-state index in [1.807, 2.05) is 16.7 Å². The van der Waals surface area contributed by atoms with E-state index in [0.717, 1.165) is 58.6 Å². The molecule has 7 heteroatoms. The molecule has 2 aromatic heterocycles. The van der Waals surface area contributed by atoms with Gasteiger partial charge in [0.2, 0.25) is 0 Å². The van der Waals surface area contributed by atoms with Crippen molar-refractivity contribution in [3.05, 3.63) is 59.2 Å². The summed E-state index contributed by atoms with van der Waals surface area (Å²) in [6.45, 7) is 3.16. The zero-order valence-electron chi connectivity index (χ0n) is 14.4. The maximum atomic E-state index is 14.2. The molecular weight excluding hydrogens is 411 g/mol. The highest BCUT2D eigenvalue weighted by Gasteiger charge is 2.17. The first kappa shape index (κ1) is 16.6. The van der Waals surface area contributed by atoms with Crippen molar-refractivity contribution in [2.45, 2.75) is 0 Å². The molecule has 0 amide bonds. The van der Waals surface area contributed by atoms with Crippen LogP contribution in [0.3, 0.4) is 0 Å². The minimum absolute atomic E-state index is 0.325. The number of imidazole rings is 1. The zero-order chi connectivity index (χ0) is 18.4. The van der Waals surface area contributed by atoms with E-state index in [-0.39, 0.29) is 5.82 Å². The van der Waals surface area contributed by atoms with Crippen molar-refractivity contribution < 1.29 is 9.13 Å². The Labute approximate surface area is 163 Å². The van der Waals surface area contributed by atoms with Gasteiger partial charge in [-0.05, 0) is 40.2 Å². The summed E-state index contributed by atoms with van der Waals surface area (Å²) in [6, 6.07) is 11.1. The Kier molecular flexibility index (Phi) is 4.06. The Morgan fingerprint density at radius 2 is 1.89 bits per heavy atom. The number of ether oxygens (including phenoxy) is 1. The van der Waals surface area contributed by atoms with Gasteiger partial charge in [0, 0.05) is 34.8 Å². The second-order valence-corrected chi connectivity index (χ2v) is 7.33. The summed E-state index contributed by atoms with van der Waals surface area (Å²) in [5.41, 5.74) is 4.16. The van der Waals surface area contributed by atoms with Crippen molar-refractivity contribution in [1.82, 2.24) is 14.5 Å². The Morgan fingerprint density at radius 1 is 1.04 bits per heavy atom. The first-order chi connectivity index (χ1) is 13.2. The van der Waals surface area contributed by atoms with Crippen molar-refractivity contribution in [3.63, 3.8) is 0 Å². The zero-order valence-corrected chi connectivity index (χ0v) is 16.0. The summed E-state index contributed by atoms with van der Waals surface area (Å²) < 4.78 is 22.6. The number of para-hydroxylation sites is 1. The number of benzene rings is 2. The van der Waals surface area contributed by atoms with Crippen LogP contribution in [-0.4, -0.2) is 40.8 Å². The fourth-order valence-electron chi connectivity index (χ4n) is 3.59. The fraction of sp³-hybridized carbons (Fsp3) is 0.200. The Morgan fingerprint density at radius 3 is 2.74 bits per heavy atom. The van der Waals surface area contributed by atoms with E-state index >= 15 is 0 Å². The monoisotopic (exact) mass is 426 g/mol. The molecule has 0 N–H and O–H groups in total. The maximum absolute atomic E-state index is 14.2. The molecule has 0 saturated carbocycles. The van der Waals surface area contributed by atoms with E-state index < -0.39 is 0 Å². The molecule has 0 spiro atoms. The number of hydrogen-bond donors (Lipinski definition) is 0. The van der Waals surface area contributed by atoms with Crippen molar-refractivity contribution in [1.29, 1.82) is 0 Å². The molecule has 27 heavy (non-hydrogen) atoms. The molecule has 0 aliphatic carbocycles. The standard InChI is InChI=1S/C20H16BrFN4O/c21-15-10-13(25-6-8-27-9-7-25)11-18-20(15)24-12-26(18)17-4-5-23-19-14(17)2-1-3-16(19)22/h1-5,10-12H,6-9H2. The minimum Gasteiger partial charge on any atom is -0.378 e. The first-order valence-corrected chi connectivity index (χ1v) is 9.54. The number of fused-ring (bicyclic) bond motifs is 2. The molecule has 2 aromatic carbocycles. The van der Waals surface area contributed by atoms with Gasteiger partial charge < -0.3 is 9.64 Å². The molecule has 0 radical (unpaired) electrons. The quantitative estimate of drug-likeness (QED) is 0.478. The molecule has 1 saturated heterocycles. The van der Waals surface area contributed by atoms with Crippen LogP contribution in [0.4, 0.5) is 10.1 Å². The van der Waals surface area contributed by atoms with Crippen LogP contribution in [0.5, 0.6) is 0 Å². The molecule has 0 bridgehead atoms. The highest BCUT2D eigenvalue weighted by Crippen LogP contribution is 2.33. The van der Waals surface area contributed by atoms with Crippen molar-refractivity contribution in [2.24, 2.45) is 0 Å². The summed E-state index contributed by atoms with van der Waals surface area (Å²) in [6.07, 6.45) is 3.41. The molecule has 1 aliphatic heterocycles. The first-order valence-electron chi connectivity index (χ1n) is 8.75. The molecular formula is C20H16BrFN4O. The molecule has 0 unspecified atom stereocenters. The lowest BCUT2D eigenvalue weighted by molar-refractivity contribution is 0.122. The summed E-state index contributed by atoms with van der Waals surface area (Å²) in [5, 5.41) is 0.754. The molecule has 136 valence electrons. The van der Waals surface area contributed by atoms with Gasteiger partial charge in [-0.15, -0.1) is 0 Å². The van der Waals surface area contributed by atoms with E-state index in [9.17, 15) is 4.39 Å². The molecule has 3 heterocycles. The molecule has 4 aromatic rings. The van der Waals surface area contributed by atoms with Crippen LogP contribution < -0.4 is 4.90 Å². The van der Waals surface area contributed by atoms with E-state index in [2.05, 4.69) is 42.9 Å². The average Bonchev–Trinajstić information content (AvgIpc) is 3.13. The number of pyridine rings is 1. The summed E-state index contributed by atoms with van der Waals surface area (Å²) in [5.74, 6) is -0.325. The maximum Gasteiger partial charge on any atom is 0.149 e. The van der Waals surface area contributed by atoms with Gasteiger partial charge in [-0.1, -0.05) is 12.1 Å². The van der Waals surface area contributed by atoms with Crippen LogP contribution in [0.15, 0.2) is 53.4 Å². The number of morpholine rings is 1. The molecule has 5 nitrogen and oxygen atoms in total. The van der Waals surface area contributed by atoms with Gasteiger partial charge in [-0.2, -0.15) is 0 Å². The highest BCUT2D eigenvalue weighted by molar-refractivity contribution is 9.10. The van der Waals surface area contributed by atoms with Gasteiger partial charge in [-0.25, -0.2) is 9.37 Å². The van der Waals surface area contributed by atoms with Crippen molar-refractivity contribution in [3.8, 4) is 5.69 Å². The average molecular weight is 427 g/mol. The third kappa shape index (κ3) is 2.78. The van der Waals surface area contributed by atoms with Gasteiger partial charge in [0.15, 0.2) is 0 Å². The predicted octanol–water partition coefficient (Wildman–Crippen LogP) is 4.31. The number of anilines is 1. The normalized spacial score (nSPS) is 15.0. The number of rotatable bonds is 2. The SMILES string of the molecule is Fc1cccc2c(-n3cnc4c(Br)cc(N5CCOCC5)cc43)ccnc12. The lowest BCUT2D eigenvalue weighted by atomic mass is 10.1. The van der Waals surface area contributed by atoms with Crippen LogP contribution in [0, 0.1) is 5.82 Å². The van der Waals surface area contributed by atoms with E-state index in [1.165, 1.54) is 6.07 Å².